The minimum absolute atomic E-state index is 0.00486. The van der Waals surface area contributed by atoms with Crippen molar-refractivity contribution in [2.45, 2.75) is 13.8 Å². The lowest BCUT2D eigenvalue weighted by Gasteiger charge is -2.11. The first-order chi connectivity index (χ1) is 9.93. The molecule has 0 spiro atoms. The molecule has 1 aromatic carbocycles. The number of benzene rings is 1. The summed E-state index contributed by atoms with van der Waals surface area (Å²) in [7, 11) is 1.25. The number of hydrogen-bond donors (Lipinski definition) is 0. The Morgan fingerprint density at radius 3 is 2.29 bits per heavy atom. The zero-order valence-corrected chi connectivity index (χ0v) is 11.6. The minimum Gasteiger partial charge on any atom is -0.487 e. The number of para-hydroxylation sites is 1. The Kier molecular flexibility index (Phi) is 3.93. The van der Waals surface area contributed by atoms with Crippen LogP contribution in [0.25, 0.3) is 11.0 Å². The van der Waals surface area contributed by atoms with Gasteiger partial charge in [-0.15, -0.1) is 0 Å². The molecule has 1 heterocycles. The van der Waals surface area contributed by atoms with E-state index in [0.29, 0.717) is 0 Å². The lowest BCUT2D eigenvalue weighted by molar-refractivity contribution is -0.132. The number of carbonyl (C=O) groups is 2. The maximum Gasteiger partial charge on any atom is 0.383 e. The average molecular weight is 292 g/mol. The molecule has 0 saturated carbocycles. The van der Waals surface area contributed by atoms with Crippen molar-refractivity contribution in [3.8, 4) is 17.2 Å². The van der Waals surface area contributed by atoms with Gasteiger partial charge in [0.05, 0.1) is 12.5 Å². The van der Waals surface area contributed by atoms with Gasteiger partial charge in [-0.2, -0.15) is 0 Å². The number of carbonyl (C=O) groups excluding carboxylic acids is 2. The van der Waals surface area contributed by atoms with Gasteiger partial charge in [-0.1, -0.05) is 6.07 Å². The van der Waals surface area contributed by atoms with E-state index in [1.807, 2.05) is 0 Å². The van der Waals surface area contributed by atoms with Crippen LogP contribution in [0.1, 0.15) is 13.8 Å². The molecule has 2 rings (SSSR count). The molecule has 0 saturated heterocycles. The third-order valence-corrected chi connectivity index (χ3v) is 2.51. The highest BCUT2D eigenvalue weighted by Crippen LogP contribution is 2.36. The number of rotatable bonds is 3. The SMILES string of the molecule is COc1c(OC(C)=O)c2cccc(OC(C)=O)c2oc1=O. The third-order valence-electron chi connectivity index (χ3n) is 2.51. The van der Waals surface area contributed by atoms with Crippen LogP contribution in [0, 0.1) is 0 Å². The van der Waals surface area contributed by atoms with E-state index in [4.69, 9.17) is 18.6 Å². The van der Waals surface area contributed by atoms with Crippen LogP contribution in [0.2, 0.25) is 0 Å². The fourth-order valence-corrected chi connectivity index (χ4v) is 1.81. The van der Waals surface area contributed by atoms with Crippen LogP contribution < -0.4 is 19.8 Å². The van der Waals surface area contributed by atoms with Crippen LogP contribution in [0.5, 0.6) is 17.2 Å². The number of ether oxygens (including phenoxy) is 3. The maximum atomic E-state index is 11.9. The maximum absolute atomic E-state index is 11.9. The van der Waals surface area contributed by atoms with Crippen molar-refractivity contribution in [3.63, 3.8) is 0 Å². The smallest absolute Gasteiger partial charge is 0.383 e. The van der Waals surface area contributed by atoms with Gasteiger partial charge in [-0.3, -0.25) is 9.59 Å². The van der Waals surface area contributed by atoms with Crippen molar-refractivity contribution in [3.05, 3.63) is 28.6 Å². The molecular weight excluding hydrogens is 280 g/mol. The molecule has 0 N–H and O–H groups in total. The second-order valence-corrected chi connectivity index (χ2v) is 4.07. The van der Waals surface area contributed by atoms with Gasteiger partial charge < -0.3 is 18.6 Å². The van der Waals surface area contributed by atoms with Crippen molar-refractivity contribution >= 4 is 22.9 Å². The lowest BCUT2D eigenvalue weighted by Crippen LogP contribution is -2.11. The van der Waals surface area contributed by atoms with E-state index in [1.165, 1.54) is 27.0 Å². The summed E-state index contributed by atoms with van der Waals surface area (Å²) < 4.78 is 20.0. The van der Waals surface area contributed by atoms with E-state index in [2.05, 4.69) is 0 Å². The van der Waals surface area contributed by atoms with Crippen LogP contribution >= 0.6 is 0 Å². The monoisotopic (exact) mass is 292 g/mol. The fourth-order valence-electron chi connectivity index (χ4n) is 1.81. The average Bonchev–Trinajstić information content (AvgIpc) is 2.39. The summed E-state index contributed by atoms with van der Waals surface area (Å²) in [5.74, 6) is -1.47. The molecule has 0 unspecified atom stereocenters. The molecule has 0 fully saturated rings. The van der Waals surface area contributed by atoms with Gasteiger partial charge in [-0.25, -0.2) is 4.79 Å². The number of fused-ring (bicyclic) bond motifs is 1. The summed E-state index contributed by atoms with van der Waals surface area (Å²) in [6.07, 6.45) is 0. The van der Waals surface area contributed by atoms with Gasteiger partial charge in [-0.05, 0) is 12.1 Å². The van der Waals surface area contributed by atoms with Crippen LogP contribution in [0.3, 0.4) is 0 Å². The quantitative estimate of drug-likeness (QED) is 0.482. The van der Waals surface area contributed by atoms with E-state index in [-0.39, 0.29) is 28.2 Å². The van der Waals surface area contributed by atoms with Crippen molar-refractivity contribution in [2.24, 2.45) is 0 Å². The fraction of sp³-hybridized carbons (Fsp3) is 0.214. The second-order valence-electron chi connectivity index (χ2n) is 4.07. The predicted octanol–water partition coefficient (Wildman–Crippen LogP) is 1.65. The van der Waals surface area contributed by atoms with Gasteiger partial charge in [0.25, 0.3) is 0 Å². The molecular formula is C14H12O7. The molecule has 1 aromatic heterocycles. The summed E-state index contributed by atoms with van der Waals surface area (Å²) in [4.78, 5) is 34.2. The largest absolute Gasteiger partial charge is 0.487 e. The normalized spacial score (nSPS) is 10.2. The summed E-state index contributed by atoms with van der Waals surface area (Å²) in [6.45, 7) is 2.41. The zero-order valence-electron chi connectivity index (χ0n) is 11.6. The van der Waals surface area contributed by atoms with Gasteiger partial charge in [0.2, 0.25) is 5.75 Å². The van der Waals surface area contributed by atoms with E-state index < -0.39 is 17.6 Å². The molecule has 21 heavy (non-hydrogen) atoms. The van der Waals surface area contributed by atoms with Gasteiger partial charge >= 0.3 is 17.6 Å². The second kappa shape index (κ2) is 5.66. The Hall–Kier alpha value is -2.83. The Morgan fingerprint density at radius 2 is 1.71 bits per heavy atom. The Bertz CT molecular complexity index is 773. The molecule has 2 aromatic rings. The molecule has 7 nitrogen and oxygen atoms in total. The van der Waals surface area contributed by atoms with E-state index >= 15 is 0 Å². The van der Waals surface area contributed by atoms with E-state index in [0.717, 1.165) is 0 Å². The molecule has 0 amide bonds. The van der Waals surface area contributed by atoms with Crippen molar-refractivity contribution in [1.29, 1.82) is 0 Å². The summed E-state index contributed by atoms with van der Waals surface area (Å²) in [5, 5.41) is 0.278. The van der Waals surface area contributed by atoms with Crippen LogP contribution in [-0.2, 0) is 9.59 Å². The molecule has 0 atom stereocenters. The standard InChI is InChI=1S/C14H12O7/c1-7(15)19-10-6-4-5-9-11(10)21-14(17)13(18-3)12(9)20-8(2)16/h4-6H,1-3H3. The highest BCUT2D eigenvalue weighted by atomic mass is 16.6. The van der Waals surface area contributed by atoms with Crippen LogP contribution in [0.15, 0.2) is 27.4 Å². The molecule has 0 bridgehead atoms. The van der Waals surface area contributed by atoms with E-state index in [1.54, 1.807) is 12.1 Å². The van der Waals surface area contributed by atoms with Gasteiger partial charge in [0.1, 0.15) is 0 Å². The molecule has 0 aliphatic carbocycles. The Labute approximate surface area is 119 Å². The first-order valence-electron chi connectivity index (χ1n) is 5.94. The van der Waals surface area contributed by atoms with E-state index in [9.17, 15) is 14.4 Å². The molecule has 0 radical (unpaired) electrons. The van der Waals surface area contributed by atoms with Gasteiger partial charge in [0.15, 0.2) is 17.1 Å². The van der Waals surface area contributed by atoms with Crippen molar-refractivity contribution in [2.75, 3.05) is 7.11 Å². The first-order valence-corrected chi connectivity index (χ1v) is 5.94. The third kappa shape index (κ3) is 2.86. The summed E-state index contributed by atoms with van der Waals surface area (Å²) >= 11 is 0. The van der Waals surface area contributed by atoms with Crippen LogP contribution in [-0.4, -0.2) is 19.0 Å². The summed E-state index contributed by atoms with van der Waals surface area (Å²) in [5.41, 5.74) is -0.851. The van der Waals surface area contributed by atoms with Crippen molar-refractivity contribution < 1.29 is 28.2 Å². The highest BCUT2D eigenvalue weighted by Gasteiger charge is 2.21. The molecule has 7 heteroatoms. The molecule has 0 aliphatic rings. The highest BCUT2D eigenvalue weighted by molar-refractivity contribution is 5.92. The first kappa shape index (κ1) is 14.6. The van der Waals surface area contributed by atoms with Gasteiger partial charge in [0, 0.05) is 13.8 Å². The topological polar surface area (TPSA) is 92.0 Å². The van der Waals surface area contributed by atoms with Crippen molar-refractivity contribution in [1.82, 2.24) is 0 Å². The molecule has 110 valence electrons. The minimum atomic E-state index is -0.846. The lowest BCUT2D eigenvalue weighted by atomic mass is 10.2. The Balaban J connectivity index is 2.80. The van der Waals surface area contributed by atoms with Crippen LogP contribution in [0.4, 0.5) is 0 Å². The molecule has 0 aliphatic heterocycles. The number of methoxy groups -OCH3 is 1. The summed E-state index contributed by atoms with van der Waals surface area (Å²) in [6, 6.07) is 4.57. The Morgan fingerprint density at radius 1 is 1.05 bits per heavy atom. The predicted molar refractivity (Wildman–Crippen MR) is 71.7 cm³/mol. The zero-order chi connectivity index (χ0) is 15.6. The number of hydrogen-bond acceptors (Lipinski definition) is 7. The number of esters is 2.